The average molecular weight is 393 g/mol. The molecule has 0 unspecified atom stereocenters. The van der Waals surface area contributed by atoms with Crippen molar-refractivity contribution in [1.29, 1.82) is 0 Å². The molecule has 8 heteroatoms. The van der Waals surface area contributed by atoms with Gasteiger partial charge in [0.25, 0.3) is 0 Å². The second-order valence-corrected chi connectivity index (χ2v) is 6.40. The summed E-state index contributed by atoms with van der Waals surface area (Å²) in [4.78, 5) is 12.1. The SMILES string of the molecule is COc1cccc(C=CC(=O)Nc2ccn(CCCCC(C)(F)F)n2)c1OC. The zero-order chi connectivity index (χ0) is 20.6. The third-order valence-corrected chi connectivity index (χ3v) is 3.99. The van der Waals surface area contributed by atoms with Crippen molar-refractivity contribution in [3.05, 3.63) is 42.1 Å². The number of anilines is 1. The van der Waals surface area contributed by atoms with Crippen LogP contribution < -0.4 is 14.8 Å². The van der Waals surface area contributed by atoms with Crippen LogP contribution in [-0.4, -0.2) is 35.8 Å². The molecule has 6 nitrogen and oxygen atoms in total. The highest BCUT2D eigenvalue weighted by Gasteiger charge is 2.19. The average Bonchev–Trinajstić information content (AvgIpc) is 3.09. The summed E-state index contributed by atoms with van der Waals surface area (Å²) in [5.41, 5.74) is 0.704. The van der Waals surface area contributed by atoms with Gasteiger partial charge < -0.3 is 14.8 Å². The molecule has 2 aromatic rings. The fourth-order valence-corrected chi connectivity index (χ4v) is 2.64. The van der Waals surface area contributed by atoms with Crippen LogP contribution in [0.4, 0.5) is 14.6 Å². The first-order valence-corrected chi connectivity index (χ1v) is 8.94. The van der Waals surface area contributed by atoms with Crippen molar-refractivity contribution in [2.45, 2.75) is 38.7 Å². The molecule has 0 aliphatic heterocycles. The molecule has 1 aromatic carbocycles. The van der Waals surface area contributed by atoms with Gasteiger partial charge in [-0.3, -0.25) is 9.48 Å². The Kier molecular flexibility index (Phi) is 7.54. The van der Waals surface area contributed by atoms with Gasteiger partial charge in [0.2, 0.25) is 11.8 Å². The first-order chi connectivity index (χ1) is 13.3. The molecule has 1 heterocycles. The maximum atomic E-state index is 12.8. The maximum absolute atomic E-state index is 12.8. The van der Waals surface area contributed by atoms with Crippen LogP contribution in [0.2, 0.25) is 0 Å². The summed E-state index contributed by atoms with van der Waals surface area (Å²) in [7, 11) is 3.08. The van der Waals surface area contributed by atoms with Crippen LogP contribution >= 0.6 is 0 Å². The zero-order valence-electron chi connectivity index (χ0n) is 16.2. The van der Waals surface area contributed by atoms with Crippen molar-refractivity contribution >= 4 is 17.8 Å². The third kappa shape index (κ3) is 6.68. The number of alkyl halides is 2. The molecule has 0 saturated heterocycles. The number of carbonyl (C=O) groups is 1. The summed E-state index contributed by atoms with van der Waals surface area (Å²) in [5.74, 6) is -1.48. The molecular formula is C20H25F2N3O3. The lowest BCUT2D eigenvalue weighted by atomic mass is 10.1. The van der Waals surface area contributed by atoms with Gasteiger partial charge in [-0.25, -0.2) is 8.78 Å². The molecule has 0 aliphatic rings. The molecule has 2 rings (SSSR count). The number of hydrogen-bond donors (Lipinski definition) is 1. The molecule has 1 N–H and O–H groups in total. The highest BCUT2D eigenvalue weighted by Crippen LogP contribution is 2.31. The van der Waals surface area contributed by atoms with E-state index in [1.54, 1.807) is 48.3 Å². The number of para-hydroxylation sites is 1. The Bertz CT molecular complexity index is 813. The van der Waals surface area contributed by atoms with Crippen LogP contribution in [0.25, 0.3) is 6.08 Å². The largest absolute Gasteiger partial charge is 0.493 e. The zero-order valence-corrected chi connectivity index (χ0v) is 16.2. The summed E-state index contributed by atoms with van der Waals surface area (Å²) in [6.07, 6.45) is 5.56. The van der Waals surface area contributed by atoms with Gasteiger partial charge in [0.1, 0.15) is 0 Å². The lowest BCUT2D eigenvalue weighted by Gasteiger charge is -2.09. The standard InChI is InChI=1S/C20H25F2N3O3/c1-20(21,22)12-4-5-13-25-14-11-17(24-25)23-18(26)10-9-15-7-6-8-16(27-2)19(15)28-3/h6-11,14H,4-5,12-13H2,1-3H3,(H,23,24,26). The van der Waals surface area contributed by atoms with Gasteiger partial charge in [-0.2, -0.15) is 5.10 Å². The van der Waals surface area contributed by atoms with Crippen LogP contribution in [-0.2, 0) is 11.3 Å². The Morgan fingerprint density at radius 1 is 1.25 bits per heavy atom. The Hall–Kier alpha value is -2.90. The summed E-state index contributed by atoms with van der Waals surface area (Å²) >= 11 is 0. The maximum Gasteiger partial charge on any atom is 0.249 e. The molecule has 0 aliphatic carbocycles. The highest BCUT2D eigenvalue weighted by molar-refractivity contribution is 6.01. The van der Waals surface area contributed by atoms with Crippen molar-refractivity contribution in [3.8, 4) is 11.5 Å². The van der Waals surface area contributed by atoms with Gasteiger partial charge in [0, 0.05) is 36.9 Å². The monoisotopic (exact) mass is 393 g/mol. The lowest BCUT2D eigenvalue weighted by Crippen LogP contribution is -2.10. The molecule has 0 bridgehead atoms. The van der Waals surface area contributed by atoms with Gasteiger partial charge in [0.15, 0.2) is 17.3 Å². The summed E-state index contributed by atoms with van der Waals surface area (Å²) < 4.78 is 37.7. The fourth-order valence-electron chi connectivity index (χ4n) is 2.64. The van der Waals surface area contributed by atoms with E-state index < -0.39 is 5.92 Å². The number of nitrogens with zero attached hydrogens (tertiary/aromatic N) is 2. The van der Waals surface area contributed by atoms with Gasteiger partial charge >= 0.3 is 0 Å². The van der Waals surface area contributed by atoms with Crippen molar-refractivity contribution < 1.29 is 23.0 Å². The van der Waals surface area contributed by atoms with Crippen LogP contribution in [0, 0.1) is 0 Å². The third-order valence-electron chi connectivity index (χ3n) is 3.99. The number of aromatic nitrogens is 2. The van der Waals surface area contributed by atoms with Crippen molar-refractivity contribution in [2.24, 2.45) is 0 Å². The molecule has 0 atom stereocenters. The first-order valence-electron chi connectivity index (χ1n) is 8.94. The molecule has 1 amide bonds. The van der Waals surface area contributed by atoms with E-state index >= 15 is 0 Å². The Morgan fingerprint density at radius 3 is 2.71 bits per heavy atom. The molecule has 0 saturated carbocycles. The van der Waals surface area contributed by atoms with Crippen molar-refractivity contribution in [3.63, 3.8) is 0 Å². The Balaban J connectivity index is 1.89. The lowest BCUT2D eigenvalue weighted by molar-refractivity contribution is -0.111. The van der Waals surface area contributed by atoms with Gasteiger partial charge in [-0.1, -0.05) is 12.1 Å². The smallest absolute Gasteiger partial charge is 0.249 e. The van der Waals surface area contributed by atoms with Gasteiger partial charge in [-0.05, 0) is 31.9 Å². The molecule has 0 radical (unpaired) electrons. The number of ether oxygens (including phenoxy) is 2. The summed E-state index contributed by atoms with van der Waals surface area (Å²) in [6, 6.07) is 7.03. The highest BCUT2D eigenvalue weighted by atomic mass is 19.3. The van der Waals surface area contributed by atoms with E-state index in [4.69, 9.17) is 9.47 Å². The predicted molar refractivity (Wildman–Crippen MR) is 104 cm³/mol. The minimum absolute atomic E-state index is 0.142. The minimum Gasteiger partial charge on any atom is -0.493 e. The van der Waals surface area contributed by atoms with E-state index in [1.807, 2.05) is 0 Å². The number of methoxy groups -OCH3 is 2. The number of unbranched alkanes of at least 4 members (excludes halogenated alkanes) is 1. The number of halogens is 2. The normalized spacial score (nSPS) is 11.6. The number of benzene rings is 1. The summed E-state index contributed by atoms with van der Waals surface area (Å²) in [5, 5.41) is 6.88. The molecule has 0 fully saturated rings. The number of aryl methyl sites for hydroxylation is 1. The van der Waals surface area contributed by atoms with E-state index in [2.05, 4.69) is 10.4 Å². The number of carbonyl (C=O) groups excluding carboxylic acids is 1. The second kappa shape index (κ2) is 9.87. The molecule has 0 spiro atoms. The Labute approximate surface area is 163 Å². The summed E-state index contributed by atoms with van der Waals surface area (Å²) in [6.45, 7) is 1.44. The molecule has 152 valence electrons. The Morgan fingerprint density at radius 2 is 2.04 bits per heavy atom. The number of hydrogen-bond acceptors (Lipinski definition) is 4. The van der Waals surface area contributed by atoms with E-state index in [-0.39, 0.29) is 12.3 Å². The van der Waals surface area contributed by atoms with E-state index in [1.165, 1.54) is 13.2 Å². The predicted octanol–water partition coefficient (Wildman–Crippen LogP) is 4.38. The van der Waals surface area contributed by atoms with Crippen molar-refractivity contribution in [2.75, 3.05) is 19.5 Å². The van der Waals surface area contributed by atoms with Crippen LogP contribution in [0.1, 0.15) is 31.7 Å². The van der Waals surface area contributed by atoms with Crippen molar-refractivity contribution in [1.82, 2.24) is 9.78 Å². The van der Waals surface area contributed by atoms with Crippen LogP contribution in [0.3, 0.4) is 0 Å². The number of amides is 1. The van der Waals surface area contributed by atoms with E-state index in [0.717, 1.165) is 6.92 Å². The van der Waals surface area contributed by atoms with Gasteiger partial charge in [0.05, 0.1) is 14.2 Å². The van der Waals surface area contributed by atoms with E-state index in [0.29, 0.717) is 42.3 Å². The first kappa shape index (κ1) is 21.4. The van der Waals surface area contributed by atoms with Crippen LogP contribution in [0.15, 0.2) is 36.5 Å². The van der Waals surface area contributed by atoms with Crippen LogP contribution in [0.5, 0.6) is 11.5 Å². The topological polar surface area (TPSA) is 65.4 Å². The quantitative estimate of drug-likeness (QED) is 0.481. The second-order valence-electron chi connectivity index (χ2n) is 6.40. The molecule has 28 heavy (non-hydrogen) atoms. The number of nitrogens with one attached hydrogen (secondary N) is 1. The molecular weight excluding hydrogens is 368 g/mol. The van der Waals surface area contributed by atoms with E-state index in [9.17, 15) is 13.6 Å². The minimum atomic E-state index is -2.64. The molecule has 1 aromatic heterocycles. The number of rotatable bonds is 10. The fraction of sp³-hybridized carbons (Fsp3) is 0.400. The van der Waals surface area contributed by atoms with Gasteiger partial charge in [-0.15, -0.1) is 0 Å².